The second-order valence-electron chi connectivity index (χ2n) is 24.6. The highest BCUT2D eigenvalue weighted by Crippen LogP contribution is 2.43. The number of nitrogens with zero attached hydrogens (tertiary/aromatic N) is 1. The van der Waals surface area contributed by atoms with Crippen molar-refractivity contribution in [3.8, 4) is 0 Å². The van der Waals surface area contributed by atoms with Crippen LogP contribution in [0.15, 0.2) is 0 Å². The van der Waals surface area contributed by atoms with E-state index in [0.717, 1.165) is 38.5 Å². The van der Waals surface area contributed by atoms with Gasteiger partial charge in [0.15, 0.2) is 6.10 Å². The third-order valence-corrected chi connectivity index (χ3v) is 16.6. The maximum atomic E-state index is 12.9. The Kier molecular flexibility index (Phi) is 57.9. The lowest BCUT2D eigenvalue weighted by molar-refractivity contribution is -0.870. The van der Waals surface area contributed by atoms with Gasteiger partial charge in [0.2, 0.25) is 0 Å². The zero-order valence-electron chi connectivity index (χ0n) is 51.8. The van der Waals surface area contributed by atoms with Crippen molar-refractivity contribution in [2.45, 2.75) is 367 Å². The second-order valence-corrected chi connectivity index (χ2v) is 26.0. The Morgan fingerprint density at radius 2 is 0.592 bits per heavy atom. The monoisotopic (exact) mass is 1100 g/mol. The van der Waals surface area contributed by atoms with E-state index in [9.17, 15) is 19.0 Å². The first kappa shape index (κ1) is 75.0. The molecule has 0 aliphatic heterocycles. The molecule has 0 aliphatic rings. The molecule has 0 aliphatic carbocycles. The van der Waals surface area contributed by atoms with Gasteiger partial charge in [-0.15, -0.1) is 0 Å². The fourth-order valence-corrected chi connectivity index (χ4v) is 11.2. The standard InChI is InChI=1S/C66H132NO8P/c1-6-8-10-12-14-16-18-20-22-24-26-28-29-30-31-32-33-34-35-36-37-38-39-41-43-45-47-49-51-53-55-57-59-66(69)75-64(63-74-76(70,71)73-61-60-67(3,4)5)62-72-65(68)58-56-54-52-50-48-46-44-42-40-27-25-23-21-19-17-15-13-11-9-7-2/h64H,6-63H2,1-5H3/p+1. The highest BCUT2D eigenvalue weighted by molar-refractivity contribution is 7.47. The molecule has 0 heterocycles. The Balaban J connectivity index is 3.96. The summed E-state index contributed by atoms with van der Waals surface area (Å²) >= 11 is 0. The van der Waals surface area contributed by atoms with E-state index in [1.807, 2.05) is 21.1 Å². The van der Waals surface area contributed by atoms with Crippen LogP contribution in [0.1, 0.15) is 361 Å². The first-order valence-electron chi connectivity index (χ1n) is 33.8. The van der Waals surface area contributed by atoms with Gasteiger partial charge >= 0.3 is 19.8 Å². The number of likely N-dealkylation sites (N-methyl/N-ethyl adjacent to an activating group) is 1. The lowest BCUT2D eigenvalue weighted by Crippen LogP contribution is -2.37. The van der Waals surface area contributed by atoms with Gasteiger partial charge < -0.3 is 18.9 Å². The number of phosphoric ester groups is 1. The summed E-state index contributed by atoms with van der Waals surface area (Å²) in [6.45, 7) is 4.52. The largest absolute Gasteiger partial charge is 0.472 e. The van der Waals surface area contributed by atoms with Crippen molar-refractivity contribution in [3.05, 3.63) is 0 Å². The predicted octanol–water partition coefficient (Wildman–Crippen LogP) is 21.4. The molecule has 454 valence electrons. The van der Waals surface area contributed by atoms with Crippen LogP contribution < -0.4 is 0 Å². The van der Waals surface area contributed by atoms with E-state index in [2.05, 4.69) is 13.8 Å². The minimum absolute atomic E-state index is 0.0376. The molecule has 0 aromatic carbocycles. The molecule has 0 amide bonds. The zero-order chi connectivity index (χ0) is 55.6. The van der Waals surface area contributed by atoms with Gasteiger partial charge in [-0.05, 0) is 12.8 Å². The molecule has 0 spiro atoms. The van der Waals surface area contributed by atoms with Crippen molar-refractivity contribution in [2.75, 3.05) is 47.5 Å². The Hall–Kier alpha value is -0.990. The molecule has 2 unspecified atom stereocenters. The number of hydrogen-bond acceptors (Lipinski definition) is 7. The lowest BCUT2D eigenvalue weighted by atomic mass is 10.0. The van der Waals surface area contributed by atoms with Crippen LogP contribution in [0.4, 0.5) is 0 Å². The van der Waals surface area contributed by atoms with E-state index in [1.54, 1.807) is 0 Å². The van der Waals surface area contributed by atoms with E-state index in [1.165, 1.54) is 295 Å². The average molecular weight is 1100 g/mol. The number of rotatable bonds is 64. The molecule has 0 radical (unpaired) electrons. The second kappa shape index (κ2) is 58.7. The zero-order valence-corrected chi connectivity index (χ0v) is 52.7. The molecule has 76 heavy (non-hydrogen) atoms. The quantitative estimate of drug-likeness (QED) is 0.0278. The summed E-state index contributed by atoms with van der Waals surface area (Å²) in [7, 11) is 1.51. The van der Waals surface area contributed by atoms with Gasteiger partial charge in [0.1, 0.15) is 19.8 Å². The first-order chi connectivity index (χ1) is 37.0. The molecule has 0 rings (SSSR count). The van der Waals surface area contributed by atoms with Gasteiger partial charge in [0.25, 0.3) is 0 Å². The molecular formula is C66H133NO8P+. The minimum Gasteiger partial charge on any atom is -0.462 e. The topological polar surface area (TPSA) is 108 Å². The summed E-state index contributed by atoms with van der Waals surface area (Å²) in [5, 5.41) is 0. The molecule has 0 saturated carbocycles. The lowest BCUT2D eigenvalue weighted by Gasteiger charge is -2.24. The van der Waals surface area contributed by atoms with E-state index in [0.29, 0.717) is 17.4 Å². The summed E-state index contributed by atoms with van der Waals surface area (Å²) in [5.74, 6) is -0.769. The number of carbonyl (C=O) groups excluding carboxylic acids is 2. The molecule has 0 bridgehead atoms. The van der Waals surface area contributed by atoms with Crippen molar-refractivity contribution >= 4 is 19.8 Å². The first-order valence-corrected chi connectivity index (χ1v) is 35.3. The van der Waals surface area contributed by atoms with Crippen molar-refractivity contribution in [1.29, 1.82) is 0 Å². The Bertz CT molecular complexity index is 1240. The van der Waals surface area contributed by atoms with Crippen LogP contribution in [0.3, 0.4) is 0 Å². The van der Waals surface area contributed by atoms with Crippen LogP contribution in [-0.4, -0.2) is 74.9 Å². The molecule has 9 nitrogen and oxygen atoms in total. The van der Waals surface area contributed by atoms with Crippen LogP contribution in [0.5, 0.6) is 0 Å². The summed E-state index contributed by atoms with van der Waals surface area (Å²) in [5.41, 5.74) is 0. The van der Waals surface area contributed by atoms with Crippen LogP contribution in [0.25, 0.3) is 0 Å². The van der Waals surface area contributed by atoms with Crippen LogP contribution in [-0.2, 0) is 32.7 Å². The predicted molar refractivity (Wildman–Crippen MR) is 326 cm³/mol. The van der Waals surface area contributed by atoms with Crippen LogP contribution >= 0.6 is 7.82 Å². The van der Waals surface area contributed by atoms with Crippen LogP contribution in [0, 0.1) is 0 Å². The molecule has 2 atom stereocenters. The van der Waals surface area contributed by atoms with Gasteiger partial charge in [0.05, 0.1) is 27.7 Å². The van der Waals surface area contributed by atoms with Crippen molar-refractivity contribution in [2.24, 2.45) is 0 Å². The fraction of sp³-hybridized carbons (Fsp3) is 0.970. The smallest absolute Gasteiger partial charge is 0.462 e. The number of hydrogen-bond donors (Lipinski definition) is 1. The Morgan fingerprint density at radius 1 is 0.355 bits per heavy atom. The van der Waals surface area contributed by atoms with Gasteiger partial charge in [-0.2, -0.15) is 0 Å². The fourth-order valence-electron chi connectivity index (χ4n) is 10.4. The van der Waals surface area contributed by atoms with E-state index >= 15 is 0 Å². The number of phosphoric acid groups is 1. The maximum Gasteiger partial charge on any atom is 0.472 e. The van der Waals surface area contributed by atoms with E-state index < -0.39 is 26.5 Å². The van der Waals surface area contributed by atoms with Gasteiger partial charge in [-0.1, -0.05) is 335 Å². The van der Waals surface area contributed by atoms with Crippen molar-refractivity contribution in [3.63, 3.8) is 0 Å². The molecule has 0 fully saturated rings. The highest BCUT2D eigenvalue weighted by Gasteiger charge is 2.27. The maximum absolute atomic E-state index is 12.9. The summed E-state index contributed by atoms with van der Waals surface area (Å²) in [4.78, 5) is 35.8. The normalized spacial score (nSPS) is 13.1. The number of esters is 2. The summed E-state index contributed by atoms with van der Waals surface area (Å²) in [6, 6.07) is 0. The third-order valence-electron chi connectivity index (χ3n) is 15.6. The molecular weight excluding hydrogens is 966 g/mol. The van der Waals surface area contributed by atoms with Gasteiger partial charge in [0, 0.05) is 12.8 Å². The number of quaternary nitrogens is 1. The van der Waals surface area contributed by atoms with E-state index in [-0.39, 0.29) is 25.6 Å². The van der Waals surface area contributed by atoms with E-state index in [4.69, 9.17) is 18.5 Å². The molecule has 1 N–H and O–H groups in total. The molecule has 0 saturated heterocycles. The van der Waals surface area contributed by atoms with Gasteiger partial charge in [-0.3, -0.25) is 18.6 Å². The number of carbonyl (C=O) groups is 2. The summed E-state index contributed by atoms with van der Waals surface area (Å²) in [6.07, 6.45) is 69.2. The van der Waals surface area contributed by atoms with Crippen LogP contribution in [0.2, 0.25) is 0 Å². The molecule has 10 heteroatoms. The SMILES string of the molecule is CCCCCCCCCCCCCCCCCCCCCCCCCCCCCCCCCCC(=O)OC(COC(=O)CCCCCCCCCCCCCCCCCCCCCC)COP(=O)(O)OCC[N+](C)(C)C. The summed E-state index contributed by atoms with van der Waals surface area (Å²) < 4.78 is 34.7. The average Bonchev–Trinajstić information content (AvgIpc) is 3.38. The Morgan fingerprint density at radius 3 is 0.842 bits per heavy atom. The van der Waals surface area contributed by atoms with Crippen molar-refractivity contribution < 1.29 is 42.1 Å². The minimum atomic E-state index is -4.38. The Labute approximate surface area is 474 Å². The number of unbranched alkanes of at least 4 members (excludes halogenated alkanes) is 50. The highest BCUT2D eigenvalue weighted by atomic mass is 31.2. The molecule has 0 aromatic heterocycles. The van der Waals surface area contributed by atoms with Gasteiger partial charge in [-0.25, -0.2) is 4.57 Å². The molecule has 0 aromatic rings. The number of ether oxygens (including phenoxy) is 2. The third kappa shape index (κ3) is 62.2. The van der Waals surface area contributed by atoms with Crippen molar-refractivity contribution in [1.82, 2.24) is 0 Å².